The standard InChI is InChI=1S/C10H14BrNO2/c1-7-4-8(2-3-10(7)11)12-5-9(14)6-13/h2-4,9,12-14H,5-6H2,1H3/t9-/m0/s1. The third kappa shape index (κ3) is 3.29. The van der Waals surface area contributed by atoms with Crippen molar-refractivity contribution >= 4 is 21.6 Å². The van der Waals surface area contributed by atoms with Crippen LogP contribution in [0.25, 0.3) is 0 Å². The van der Waals surface area contributed by atoms with Gasteiger partial charge >= 0.3 is 0 Å². The molecule has 78 valence electrons. The molecule has 1 aromatic rings. The lowest BCUT2D eigenvalue weighted by Gasteiger charge is -2.11. The van der Waals surface area contributed by atoms with Crippen molar-refractivity contribution in [2.45, 2.75) is 13.0 Å². The summed E-state index contributed by atoms with van der Waals surface area (Å²) in [5, 5.41) is 20.8. The van der Waals surface area contributed by atoms with Crippen LogP contribution in [0.5, 0.6) is 0 Å². The first-order valence-corrected chi connectivity index (χ1v) is 5.21. The maximum absolute atomic E-state index is 9.12. The van der Waals surface area contributed by atoms with Crippen LogP contribution in [-0.2, 0) is 0 Å². The van der Waals surface area contributed by atoms with Crippen LogP contribution in [0.2, 0.25) is 0 Å². The molecule has 14 heavy (non-hydrogen) atoms. The van der Waals surface area contributed by atoms with Gasteiger partial charge < -0.3 is 15.5 Å². The number of rotatable bonds is 4. The lowest BCUT2D eigenvalue weighted by Crippen LogP contribution is -2.22. The minimum absolute atomic E-state index is 0.220. The number of anilines is 1. The zero-order chi connectivity index (χ0) is 10.6. The van der Waals surface area contributed by atoms with Crippen molar-refractivity contribution in [3.63, 3.8) is 0 Å². The van der Waals surface area contributed by atoms with E-state index in [4.69, 9.17) is 10.2 Å². The van der Waals surface area contributed by atoms with Crippen LogP contribution in [0.4, 0.5) is 5.69 Å². The van der Waals surface area contributed by atoms with Gasteiger partial charge in [-0.2, -0.15) is 0 Å². The third-order valence-corrected chi connectivity index (χ3v) is 2.80. The molecule has 0 bridgehead atoms. The summed E-state index contributed by atoms with van der Waals surface area (Å²) in [6, 6.07) is 5.85. The second-order valence-corrected chi connectivity index (χ2v) is 4.04. The summed E-state index contributed by atoms with van der Waals surface area (Å²) in [4.78, 5) is 0. The molecule has 0 fully saturated rings. The Hall–Kier alpha value is -0.580. The molecule has 1 atom stereocenters. The van der Waals surface area contributed by atoms with E-state index in [1.807, 2.05) is 25.1 Å². The Bertz CT molecular complexity index is 304. The molecule has 0 saturated heterocycles. The molecule has 1 aromatic carbocycles. The van der Waals surface area contributed by atoms with Crippen LogP contribution < -0.4 is 5.32 Å². The molecule has 0 aromatic heterocycles. The van der Waals surface area contributed by atoms with E-state index >= 15 is 0 Å². The van der Waals surface area contributed by atoms with Crippen molar-refractivity contribution in [3.05, 3.63) is 28.2 Å². The van der Waals surface area contributed by atoms with Gasteiger partial charge in [-0.25, -0.2) is 0 Å². The van der Waals surface area contributed by atoms with Gasteiger partial charge in [0, 0.05) is 16.7 Å². The molecule has 4 heteroatoms. The van der Waals surface area contributed by atoms with Gasteiger partial charge in [0.2, 0.25) is 0 Å². The van der Waals surface area contributed by atoms with E-state index < -0.39 is 6.10 Å². The number of aliphatic hydroxyl groups excluding tert-OH is 2. The average molecular weight is 260 g/mol. The Balaban J connectivity index is 2.55. The van der Waals surface area contributed by atoms with Crippen molar-refractivity contribution < 1.29 is 10.2 Å². The van der Waals surface area contributed by atoms with Crippen molar-refractivity contribution in [1.29, 1.82) is 0 Å². The number of hydrogen-bond donors (Lipinski definition) is 3. The highest BCUT2D eigenvalue weighted by atomic mass is 79.9. The molecule has 0 aliphatic heterocycles. The molecule has 0 unspecified atom stereocenters. The molecule has 3 nitrogen and oxygen atoms in total. The molecule has 1 rings (SSSR count). The molecule has 0 heterocycles. The fraction of sp³-hybridized carbons (Fsp3) is 0.400. The number of hydrogen-bond acceptors (Lipinski definition) is 3. The molecule has 0 amide bonds. The molecule has 0 spiro atoms. The van der Waals surface area contributed by atoms with Crippen molar-refractivity contribution in [1.82, 2.24) is 0 Å². The highest BCUT2D eigenvalue weighted by molar-refractivity contribution is 9.10. The first-order valence-electron chi connectivity index (χ1n) is 4.42. The van der Waals surface area contributed by atoms with Crippen molar-refractivity contribution in [2.24, 2.45) is 0 Å². The predicted molar refractivity (Wildman–Crippen MR) is 60.5 cm³/mol. The average Bonchev–Trinajstić information content (AvgIpc) is 2.19. The second kappa shape index (κ2) is 5.34. The highest BCUT2D eigenvalue weighted by Crippen LogP contribution is 2.19. The minimum atomic E-state index is -0.709. The van der Waals surface area contributed by atoms with Gasteiger partial charge in [0.15, 0.2) is 0 Å². The largest absolute Gasteiger partial charge is 0.394 e. The van der Waals surface area contributed by atoms with E-state index in [1.165, 1.54) is 0 Å². The molecule has 0 aliphatic rings. The first kappa shape index (κ1) is 11.5. The van der Waals surface area contributed by atoms with E-state index in [9.17, 15) is 0 Å². The van der Waals surface area contributed by atoms with Crippen LogP contribution in [0, 0.1) is 6.92 Å². The SMILES string of the molecule is Cc1cc(NC[C@H](O)CO)ccc1Br. The van der Waals surface area contributed by atoms with E-state index in [2.05, 4.69) is 21.2 Å². The number of benzene rings is 1. The highest BCUT2D eigenvalue weighted by Gasteiger charge is 2.01. The number of aliphatic hydroxyl groups is 2. The van der Waals surface area contributed by atoms with Crippen LogP contribution in [0.3, 0.4) is 0 Å². The summed E-state index contributed by atoms with van der Waals surface area (Å²) in [6.45, 7) is 2.14. The Morgan fingerprint density at radius 3 is 2.79 bits per heavy atom. The zero-order valence-electron chi connectivity index (χ0n) is 8.00. The number of aryl methyl sites for hydroxylation is 1. The van der Waals surface area contributed by atoms with Gasteiger partial charge in [0.1, 0.15) is 0 Å². The molecular weight excluding hydrogens is 246 g/mol. The van der Waals surface area contributed by atoms with Crippen molar-refractivity contribution in [3.8, 4) is 0 Å². The van der Waals surface area contributed by atoms with Crippen LogP contribution in [0.15, 0.2) is 22.7 Å². The Labute approximate surface area is 91.9 Å². The van der Waals surface area contributed by atoms with E-state index in [1.54, 1.807) is 0 Å². The zero-order valence-corrected chi connectivity index (χ0v) is 9.58. The lowest BCUT2D eigenvalue weighted by molar-refractivity contribution is 0.105. The number of nitrogens with one attached hydrogen (secondary N) is 1. The van der Waals surface area contributed by atoms with Gasteiger partial charge in [-0.15, -0.1) is 0 Å². The third-order valence-electron chi connectivity index (χ3n) is 1.91. The Kier molecular flexibility index (Phi) is 4.38. The van der Waals surface area contributed by atoms with Gasteiger partial charge in [0.05, 0.1) is 12.7 Å². The first-order chi connectivity index (χ1) is 6.63. The topological polar surface area (TPSA) is 52.5 Å². The minimum Gasteiger partial charge on any atom is -0.394 e. The predicted octanol–water partition coefficient (Wildman–Crippen LogP) is 1.52. The molecule has 3 N–H and O–H groups in total. The monoisotopic (exact) mass is 259 g/mol. The van der Waals surface area contributed by atoms with Gasteiger partial charge in [-0.1, -0.05) is 15.9 Å². The van der Waals surface area contributed by atoms with Gasteiger partial charge in [0.25, 0.3) is 0 Å². The summed E-state index contributed by atoms with van der Waals surface area (Å²) in [5.41, 5.74) is 2.08. The van der Waals surface area contributed by atoms with Crippen LogP contribution in [0.1, 0.15) is 5.56 Å². The second-order valence-electron chi connectivity index (χ2n) is 3.18. The van der Waals surface area contributed by atoms with E-state index in [0.29, 0.717) is 6.54 Å². The van der Waals surface area contributed by atoms with Crippen LogP contribution in [-0.4, -0.2) is 29.5 Å². The molecule has 0 saturated carbocycles. The maximum Gasteiger partial charge on any atom is 0.0942 e. The number of halogens is 1. The smallest absolute Gasteiger partial charge is 0.0942 e. The Morgan fingerprint density at radius 2 is 2.21 bits per heavy atom. The van der Waals surface area contributed by atoms with Crippen molar-refractivity contribution in [2.75, 3.05) is 18.5 Å². The molecule has 0 aliphatic carbocycles. The molecular formula is C10H14BrNO2. The molecule has 0 radical (unpaired) electrons. The fourth-order valence-electron chi connectivity index (χ4n) is 1.05. The summed E-state index contributed by atoms with van der Waals surface area (Å²) < 4.78 is 1.06. The fourth-order valence-corrected chi connectivity index (χ4v) is 1.30. The maximum atomic E-state index is 9.12. The normalized spacial score (nSPS) is 12.6. The Morgan fingerprint density at radius 1 is 1.50 bits per heavy atom. The van der Waals surface area contributed by atoms with E-state index in [0.717, 1.165) is 15.7 Å². The quantitative estimate of drug-likeness (QED) is 0.769. The van der Waals surface area contributed by atoms with Gasteiger partial charge in [-0.05, 0) is 30.7 Å². The summed E-state index contributed by atoms with van der Waals surface area (Å²) >= 11 is 3.41. The summed E-state index contributed by atoms with van der Waals surface area (Å²) in [7, 11) is 0. The summed E-state index contributed by atoms with van der Waals surface area (Å²) in [6.07, 6.45) is -0.709. The van der Waals surface area contributed by atoms with Crippen LogP contribution >= 0.6 is 15.9 Å². The van der Waals surface area contributed by atoms with E-state index in [-0.39, 0.29) is 6.61 Å². The lowest BCUT2D eigenvalue weighted by atomic mass is 10.2. The van der Waals surface area contributed by atoms with Gasteiger partial charge in [-0.3, -0.25) is 0 Å². The summed E-state index contributed by atoms with van der Waals surface area (Å²) in [5.74, 6) is 0.